The topological polar surface area (TPSA) is 77.6 Å². The van der Waals surface area contributed by atoms with Crippen molar-refractivity contribution in [2.75, 3.05) is 38.0 Å². The van der Waals surface area contributed by atoms with Gasteiger partial charge in [-0.2, -0.15) is 0 Å². The van der Waals surface area contributed by atoms with Crippen molar-refractivity contribution in [3.05, 3.63) is 108 Å². The Labute approximate surface area is 252 Å². The van der Waals surface area contributed by atoms with Gasteiger partial charge in [-0.15, -0.1) is 11.3 Å². The first-order chi connectivity index (χ1) is 20.6. The van der Waals surface area contributed by atoms with E-state index in [0.717, 1.165) is 37.3 Å². The van der Waals surface area contributed by atoms with E-state index in [2.05, 4.69) is 71.1 Å². The number of anilines is 1. The number of hydrogen-bond donors (Lipinski definition) is 2. The van der Waals surface area contributed by atoms with Crippen LogP contribution in [0.2, 0.25) is 0 Å². The van der Waals surface area contributed by atoms with Gasteiger partial charge in [0.25, 0.3) is 0 Å². The number of aromatic nitrogens is 1. The molecule has 0 bridgehead atoms. The highest BCUT2D eigenvalue weighted by atomic mass is 32.1. The van der Waals surface area contributed by atoms with Gasteiger partial charge >= 0.3 is 6.03 Å². The van der Waals surface area contributed by atoms with Crippen molar-refractivity contribution in [1.82, 2.24) is 20.1 Å². The molecule has 1 saturated heterocycles. The second kappa shape index (κ2) is 14.8. The number of urea groups is 1. The molecule has 0 spiro atoms. The summed E-state index contributed by atoms with van der Waals surface area (Å²) >= 11 is 1.42. The summed E-state index contributed by atoms with van der Waals surface area (Å²) < 4.78 is 0. The van der Waals surface area contributed by atoms with Crippen molar-refractivity contribution in [3.63, 3.8) is 0 Å². The van der Waals surface area contributed by atoms with Crippen LogP contribution in [0.25, 0.3) is 11.3 Å². The van der Waals surface area contributed by atoms with Gasteiger partial charge < -0.3 is 15.1 Å². The molecule has 3 aromatic carbocycles. The maximum Gasteiger partial charge on any atom is 0.323 e. The normalized spacial score (nSPS) is 15.0. The second-order valence-electron chi connectivity index (χ2n) is 10.7. The van der Waals surface area contributed by atoms with Crippen molar-refractivity contribution < 1.29 is 9.59 Å². The lowest BCUT2D eigenvalue weighted by Crippen LogP contribution is -2.52. The SMILES string of the molecule is C[C@H]1CNCCN1C(=O)CCCN(CCC(c1ccccc1)c1ccccc1)C(=O)Nc1nc(-c2ccccc2)cs1. The van der Waals surface area contributed by atoms with Gasteiger partial charge in [0.05, 0.1) is 5.69 Å². The molecular weight excluding hydrogens is 542 g/mol. The van der Waals surface area contributed by atoms with Gasteiger partial charge in [0.15, 0.2) is 5.13 Å². The second-order valence-corrected chi connectivity index (χ2v) is 11.6. The van der Waals surface area contributed by atoms with Gasteiger partial charge in [-0.1, -0.05) is 91.0 Å². The highest BCUT2D eigenvalue weighted by Crippen LogP contribution is 2.29. The van der Waals surface area contributed by atoms with Crippen molar-refractivity contribution in [2.24, 2.45) is 0 Å². The van der Waals surface area contributed by atoms with Crippen molar-refractivity contribution >= 4 is 28.4 Å². The van der Waals surface area contributed by atoms with Gasteiger partial charge in [0.1, 0.15) is 0 Å². The standard InChI is InChI=1S/C34H39N5O2S/c1-26-24-35-20-23-39(26)32(40)18-11-21-38(34(41)37-33-36-31(25-42-33)29-16-9-4-10-17-29)22-19-30(27-12-5-2-6-13-27)28-14-7-3-8-15-28/h2-10,12-17,25-26,30,35H,11,18-24H2,1H3,(H,36,37,41)/t26-/m0/s1. The number of carbonyl (C=O) groups is 2. The molecule has 0 unspecified atom stereocenters. The lowest BCUT2D eigenvalue weighted by Gasteiger charge is -2.34. The van der Waals surface area contributed by atoms with E-state index in [-0.39, 0.29) is 23.9 Å². The Morgan fingerprint density at radius 1 is 0.976 bits per heavy atom. The summed E-state index contributed by atoms with van der Waals surface area (Å²) in [7, 11) is 0. The molecule has 0 saturated carbocycles. The minimum atomic E-state index is -0.188. The molecule has 1 fully saturated rings. The zero-order valence-electron chi connectivity index (χ0n) is 24.1. The van der Waals surface area contributed by atoms with E-state index in [1.165, 1.54) is 22.5 Å². The quantitative estimate of drug-likeness (QED) is 0.213. The molecule has 3 amide bonds. The molecule has 42 heavy (non-hydrogen) atoms. The Balaban J connectivity index is 1.28. The van der Waals surface area contributed by atoms with Crippen molar-refractivity contribution in [3.8, 4) is 11.3 Å². The number of amides is 3. The molecule has 4 aromatic rings. The van der Waals surface area contributed by atoms with Crippen LogP contribution < -0.4 is 10.6 Å². The monoisotopic (exact) mass is 581 g/mol. The van der Waals surface area contributed by atoms with E-state index in [4.69, 9.17) is 0 Å². The van der Waals surface area contributed by atoms with Crippen molar-refractivity contribution in [2.45, 2.75) is 38.1 Å². The van der Waals surface area contributed by atoms with E-state index in [1.54, 1.807) is 0 Å². The maximum absolute atomic E-state index is 13.7. The summed E-state index contributed by atoms with van der Waals surface area (Å²) in [6.07, 6.45) is 1.79. The number of thiazole rings is 1. The first kappa shape index (κ1) is 29.5. The van der Waals surface area contributed by atoms with E-state index < -0.39 is 0 Å². The maximum atomic E-state index is 13.7. The fraction of sp³-hybridized carbons (Fsp3) is 0.324. The zero-order chi connectivity index (χ0) is 29.1. The van der Waals surface area contributed by atoms with Gasteiger partial charge in [0, 0.05) is 62.0 Å². The molecule has 7 nitrogen and oxygen atoms in total. The van der Waals surface area contributed by atoms with E-state index in [1.807, 2.05) is 57.6 Å². The number of nitrogens with one attached hydrogen (secondary N) is 2. The highest BCUT2D eigenvalue weighted by molar-refractivity contribution is 7.14. The van der Waals surface area contributed by atoms with Crippen LogP contribution in [0.3, 0.4) is 0 Å². The molecular formula is C34H39N5O2S. The molecule has 5 rings (SSSR count). The highest BCUT2D eigenvalue weighted by Gasteiger charge is 2.24. The van der Waals surface area contributed by atoms with Crippen LogP contribution in [0.5, 0.6) is 0 Å². The Bertz CT molecular complexity index is 1370. The number of rotatable bonds is 11. The van der Waals surface area contributed by atoms with Gasteiger partial charge in [-0.05, 0) is 30.9 Å². The minimum absolute atomic E-state index is 0.149. The Hall–Kier alpha value is -4.01. The third-order valence-corrected chi connectivity index (χ3v) is 8.56. The Morgan fingerprint density at radius 2 is 1.62 bits per heavy atom. The average molecular weight is 582 g/mol. The number of piperazine rings is 1. The average Bonchev–Trinajstić information content (AvgIpc) is 3.50. The third-order valence-electron chi connectivity index (χ3n) is 7.81. The molecule has 218 valence electrons. The largest absolute Gasteiger partial charge is 0.337 e. The number of hydrogen-bond acceptors (Lipinski definition) is 5. The molecule has 0 radical (unpaired) electrons. The van der Waals surface area contributed by atoms with Crippen LogP contribution in [0.15, 0.2) is 96.4 Å². The third kappa shape index (κ3) is 7.84. The predicted molar refractivity (Wildman–Crippen MR) is 171 cm³/mol. The first-order valence-electron chi connectivity index (χ1n) is 14.8. The zero-order valence-corrected chi connectivity index (χ0v) is 24.9. The van der Waals surface area contributed by atoms with Crippen molar-refractivity contribution in [1.29, 1.82) is 0 Å². The number of nitrogens with zero attached hydrogens (tertiary/aromatic N) is 3. The molecule has 1 aliphatic rings. The lowest BCUT2D eigenvalue weighted by molar-refractivity contribution is -0.134. The molecule has 2 heterocycles. The Kier molecular flexibility index (Phi) is 10.4. The number of benzene rings is 3. The summed E-state index contributed by atoms with van der Waals surface area (Å²) in [5.74, 6) is 0.304. The van der Waals surface area contributed by atoms with Crippen LogP contribution >= 0.6 is 11.3 Å². The summed E-state index contributed by atoms with van der Waals surface area (Å²) in [6, 6.07) is 30.8. The van der Waals surface area contributed by atoms with Crippen LogP contribution in [-0.4, -0.2) is 65.5 Å². The molecule has 1 atom stereocenters. The summed E-state index contributed by atoms with van der Waals surface area (Å²) in [4.78, 5) is 35.1. The van der Waals surface area contributed by atoms with Gasteiger partial charge in [-0.25, -0.2) is 9.78 Å². The molecule has 2 N–H and O–H groups in total. The molecule has 0 aliphatic carbocycles. The fourth-order valence-electron chi connectivity index (χ4n) is 5.52. The van der Waals surface area contributed by atoms with Crippen LogP contribution in [0.1, 0.15) is 43.2 Å². The van der Waals surface area contributed by atoms with Crippen LogP contribution in [0.4, 0.5) is 9.93 Å². The summed E-state index contributed by atoms with van der Waals surface area (Å²) in [5, 5.41) is 8.90. The first-order valence-corrected chi connectivity index (χ1v) is 15.6. The van der Waals surface area contributed by atoms with Crippen LogP contribution in [-0.2, 0) is 4.79 Å². The van der Waals surface area contributed by atoms with E-state index in [9.17, 15) is 9.59 Å². The predicted octanol–water partition coefficient (Wildman–Crippen LogP) is 6.47. The van der Waals surface area contributed by atoms with Gasteiger partial charge in [0.2, 0.25) is 5.91 Å². The molecule has 8 heteroatoms. The smallest absolute Gasteiger partial charge is 0.323 e. The summed E-state index contributed by atoms with van der Waals surface area (Å²) in [5.41, 5.74) is 4.30. The fourth-order valence-corrected chi connectivity index (χ4v) is 6.23. The number of carbonyl (C=O) groups excluding carboxylic acids is 2. The van der Waals surface area contributed by atoms with Crippen LogP contribution in [0, 0.1) is 0 Å². The van der Waals surface area contributed by atoms with E-state index in [0.29, 0.717) is 31.1 Å². The lowest BCUT2D eigenvalue weighted by atomic mass is 9.88. The van der Waals surface area contributed by atoms with E-state index >= 15 is 0 Å². The Morgan fingerprint density at radius 3 is 2.26 bits per heavy atom. The molecule has 1 aromatic heterocycles. The van der Waals surface area contributed by atoms with Gasteiger partial charge in [-0.3, -0.25) is 10.1 Å². The minimum Gasteiger partial charge on any atom is -0.337 e. The molecule has 1 aliphatic heterocycles. The summed E-state index contributed by atoms with van der Waals surface area (Å²) in [6.45, 7) is 5.49.